The molecule has 1 aromatic carbocycles. The van der Waals surface area contributed by atoms with Gasteiger partial charge in [0.15, 0.2) is 0 Å². The summed E-state index contributed by atoms with van der Waals surface area (Å²) >= 11 is 0. The number of amides is 2. The molecule has 0 radical (unpaired) electrons. The highest BCUT2D eigenvalue weighted by Gasteiger charge is 2.35. The van der Waals surface area contributed by atoms with E-state index in [0.717, 1.165) is 5.56 Å². The molecule has 2 amide bonds. The minimum Gasteiger partial charge on any atom is -0.351 e. The molecule has 0 bridgehead atoms. The lowest BCUT2D eigenvalue weighted by Crippen LogP contribution is -2.26. The van der Waals surface area contributed by atoms with E-state index in [4.69, 9.17) is 0 Å². The number of carbonyl (C=O) groups excluding carboxylic acids is 2. The summed E-state index contributed by atoms with van der Waals surface area (Å²) in [7, 11) is 3.57. The van der Waals surface area contributed by atoms with Crippen molar-refractivity contribution in [3.63, 3.8) is 0 Å². The largest absolute Gasteiger partial charge is 0.351 e. The SMILES string of the molecule is CN1C(=O)CC(Cc2ccc3c(ccn3C)c2)C1=O. The average Bonchev–Trinajstić information content (AvgIpc) is 2.87. The lowest BCUT2D eigenvalue weighted by molar-refractivity contribution is -0.137. The van der Waals surface area contributed by atoms with Gasteiger partial charge in [-0.15, -0.1) is 0 Å². The molecule has 1 fully saturated rings. The second kappa shape index (κ2) is 4.23. The van der Waals surface area contributed by atoms with Crippen LogP contribution in [0.3, 0.4) is 0 Å². The van der Waals surface area contributed by atoms with Crippen LogP contribution in [0.1, 0.15) is 12.0 Å². The fourth-order valence-corrected chi connectivity index (χ4v) is 2.73. The Balaban J connectivity index is 1.86. The molecule has 4 heteroatoms. The van der Waals surface area contributed by atoms with Crippen LogP contribution in [0.25, 0.3) is 10.9 Å². The number of nitrogens with zero attached hydrogens (tertiary/aromatic N) is 2. The van der Waals surface area contributed by atoms with Crippen molar-refractivity contribution in [1.29, 1.82) is 0 Å². The van der Waals surface area contributed by atoms with E-state index < -0.39 is 0 Å². The van der Waals surface area contributed by atoms with Crippen molar-refractivity contribution in [2.45, 2.75) is 12.8 Å². The number of aromatic nitrogens is 1. The molecule has 0 N–H and O–H groups in total. The molecular formula is C15H16N2O2. The van der Waals surface area contributed by atoms with Crippen molar-refractivity contribution in [3.8, 4) is 0 Å². The number of rotatable bonds is 2. The van der Waals surface area contributed by atoms with Gasteiger partial charge in [0.25, 0.3) is 0 Å². The molecule has 1 aliphatic heterocycles. The number of hydrogen-bond donors (Lipinski definition) is 0. The molecule has 98 valence electrons. The molecule has 1 unspecified atom stereocenters. The van der Waals surface area contributed by atoms with E-state index in [1.807, 2.05) is 19.3 Å². The van der Waals surface area contributed by atoms with E-state index in [1.165, 1.54) is 15.8 Å². The molecule has 1 aromatic heterocycles. The second-order valence-electron chi connectivity index (χ2n) is 5.22. The van der Waals surface area contributed by atoms with E-state index in [2.05, 4.69) is 22.8 Å². The molecule has 1 saturated heterocycles. The number of aryl methyl sites for hydroxylation is 1. The molecule has 2 aromatic rings. The van der Waals surface area contributed by atoms with Crippen LogP contribution in [-0.4, -0.2) is 28.3 Å². The fourth-order valence-electron chi connectivity index (χ4n) is 2.73. The number of carbonyl (C=O) groups is 2. The number of benzene rings is 1. The maximum Gasteiger partial charge on any atom is 0.232 e. The summed E-state index contributed by atoms with van der Waals surface area (Å²) in [6.45, 7) is 0. The lowest BCUT2D eigenvalue weighted by atomic mass is 9.97. The molecule has 3 rings (SSSR count). The van der Waals surface area contributed by atoms with E-state index in [0.29, 0.717) is 12.8 Å². The van der Waals surface area contributed by atoms with Gasteiger partial charge >= 0.3 is 0 Å². The Morgan fingerprint density at radius 1 is 1.21 bits per heavy atom. The van der Waals surface area contributed by atoms with Crippen LogP contribution in [0, 0.1) is 5.92 Å². The first-order valence-corrected chi connectivity index (χ1v) is 6.40. The van der Waals surface area contributed by atoms with Gasteiger partial charge in [0.2, 0.25) is 11.8 Å². The van der Waals surface area contributed by atoms with Crippen LogP contribution in [0.5, 0.6) is 0 Å². The van der Waals surface area contributed by atoms with Gasteiger partial charge in [-0.2, -0.15) is 0 Å². The molecule has 0 spiro atoms. The monoisotopic (exact) mass is 256 g/mol. The summed E-state index contributed by atoms with van der Waals surface area (Å²) < 4.78 is 2.07. The summed E-state index contributed by atoms with van der Waals surface area (Å²) in [5.41, 5.74) is 2.29. The standard InChI is InChI=1S/C15H16N2O2/c1-16-6-5-11-7-10(3-4-13(11)16)8-12-9-14(18)17(2)15(12)19/h3-7,12H,8-9H2,1-2H3. The predicted octanol–water partition coefficient (Wildman–Crippen LogP) is 1.73. The van der Waals surface area contributed by atoms with Crippen LogP contribution in [0.2, 0.25) is 0 Å². The molecule has 2 heterocycles. The summed E-state index contributed by atoms with van der Waals surface area (Å²) in [5.74, 6) is -0.326. The van der Waals surface area contributed by atoms with Crippen LogP contribution >= 0.6 is 0 Å². The normalized spacial score (nSPS) is 19.7. The highest BCUT2D eigenvalue weighted by Crippen LogP contribution is 2.24. The molecule has 0 saturated carbocycles. The summed E-state index contributed by atoms with van der Waals surface area (Å²) in [6.07, 6.45) is 2.99. The zero-order valence-electron chi connectivity index (χ0n) is 11.1. The van der Waals surface area contributed by atoms with E-state index in [-0.39, 0.29) is 17.7 Å². The third kappa shape index (κ3) is 1.93. The van der Waals surface area contributed by atoms with Gasteiger partial charge in [-0.25, -0.2) is 0 Å². The first-order chi connectivity index (χ1) is 9.06. The van der Waals surface area contributed by atoms with Crippen molar-refractivity contribution in [1.82, 2.24) is 9.47 Å². The Morgan fingerprint density at radius 2 is 2.00 bits per heavy atom. The Bertz CT molecular complexity index is 672. The van der Waals surface area contributed by atoms with Crippen LogP contribution < -0.4 is 0 Å². The van der Waals surface area contributed by atoms with Gasteiger partial charge in [0.05, 0.1) is 5.92 Å². The Hall–Kier alpha value is -2.10. The zero-order valence-corrected chi connectivity index (χ0v) is 11.1. The van der Waals surface area contributed by atoms with Gasteiger partial charge in [0.1, 0.15) is 0 Å². The minimum absolute atomic E-state index is 0.0573. The molecule has 19 heavy (non-hydrogen) atoms. The number of hydrogen-bond acceptors (Lipinski definition) is 2. The first-order valence-electron chi connectivity index (χ1n) is 6.40. The average molecular weight is 256 g/mol. The van der Waals surface area contributed by atoms with Crippen molar-refractivity contribution >= 4 is 22.7 Å². The van der Waals surface area contributed by atoms with Gasteiger partial charge in [0, 0.05) is 32.2 Å². The Labute approximate surface area is 111 Å². The predicted molar refractivity (Wildman–Crippen MR) is 72.5 cm³/mol. The maximum absolute atomic E-state index is 11.9. The summed E-state index contributed by atoms with van der Waals surface area (Å²) in [5, 5.41) is 1.17. The minimum atomic E-state index is -0.196. The highest BCUT2D eigenvalue weighted by atomic mass is 16.2. The molecule has 4 nitrogen and oxygen atoms in total. The third-order valence-corrected chi connectivity index (χ3v) is 3.91. The van der Waals surface area contributed by atoms with Crippen molar-refractivity contribution in [2.75, 3.05) is 7.05 Å². The number of fused-ring (bicyclic) bond motifs is 1. The third-order valence-electron chi connectivity index (χ3n) is 3.91. The van der Waals surface area contributed by atoms with Crippen LogP contribution in [0.15, 0.2) is 30.5 Å². The van der Waals surface area contributed by atoms with Gasteiger partial charge < -0.3 is 4.57 Å². The van der Waals surface area contributed by atoms with Gasteiger partial charge in [-0.3, -0.25) is 14.5 Å². The first kappa shape index (κ1) is 12.0. The molecular weight excluding hydrogens is 240 g/mol. The fraction of sp³-hybridized carbons (Fsp3) is 0.333. The van der Waals surface area contributed by atoms with Crippen LogP contribution in [-0.2, 0) is 23.1 Å². The molecule has 1 aliphatic rings. The van der Waals surface area contributed by atoms with E-state index in [9.17, 15) is 9.59 Å². The number of likely N-dealkylation sites (tertiary alicyclic amines) is 1. The lowest BCUT2D eigenvalue weighted by Gasteiger charge is -2.09. The zero-order chi connectivity index (χ0) is 13.6. The topological polar surface area (TPSA) is 42.3 Å². The van der Waals surface area contributed by atoms with Crippen LogP contribution in [0.4, 0.5) is 0 Å². The Morgan fingerprint density at radius 3 is 2.68 bits per heavy atom. The quantitative estimate of drug-likeness (QED) is 0.768. The Kier molecular flexibility index (Phi) is 2.66. The molecule has 1 atom stereocenters. The summed E-state index contributed by atoms with van der Waals surface area (Å²) in [4.78, 5) is 24.6. The van der Waals surface area contributed by atoms with Crippen molar-refractivity contribution in [2.24, 2.45) is 13.0 Å². The van der Waals surface area contributed by atoms with Gasteiger partial charge in [-0.05, 0) is 35.6 Å². The maximum atomic E-state index is 11.9. The number of imide groups is 1. The van der Waals surface area contributed by atoms with E-state index in [1.54, 1.807) is 7.05 Å². The summed E-state index contributed by atoms with van der Waals surface area (Å²) in [6, 6.07) is 8.27. The van der Waals surface area contributed by atoms with E-state index >= 15 is 0 Å². The smallest absolute Gasteiger partial charge is 0.232 e. The molecule has 0 aliphatic carbocycles. The highest BCUT2D eigenvalue weighted by molar-refractivity contribution is 6.03. The van der Waals surface area contributed by atoms with Crippen molar-refractivity contribution in [3.05, 3.63) is 36.0 Å². The van der Waals surface area contributed by atoms with Crippen molar-refractivity contribution < 1.29 is 9.59 Å². The second-order valence-corrected chi connectivity index (χ2v) is 5.22. The van der Waals surface area contributed by atoms with Gasteiger partial charge in [-0.1, -0.05) is 6.07 Å².